The molecule has 0 amide bonds. The molecule has 1 fully saturated rings. The first-order chi connectivity index (χ1) is 5.65. The molecule has 0 aromatic carbocycles. The van der Waals surface area contributed by atoms with E-state index in [1.807, 2.05) is 6.92 Å². The van der Waals surface area contributed by atoms with Gasteiger partial charge in [0.2, 0.25) is 0 Å². The first-order valence-electron chi connectivity index (χ1n) is 4.56. The summed E-state index contributed by atoms with van der Waals surface area (Å²) in [5, 5.41) is 0. The number of ether oxygens (including phenoxy) is 1. The van der Waals surface area contributed by atoms with E-state index in [2.05, 4.69) is 6.92 Å². The van der Waals surface area contributed by atoms with Crippen LogP contribution in [0, 0.1) is 11.8 Å². The van der Waals surface area contributed by atoms with Gasteiger partial charge in [0, 0.05) is 6.04 Å². The Morgan fingerprint density at radius 2 is 2.33 bits per heavy atom. The maximum atomic E-state index is 11.0. The number of esters is 1. The molecule has 2 unspecified atom stereocenters. The summed E-state index contributed by atoms with van der Waals surface area (Å²) in [5.74, 6) is 1.09. The van der Waals surface area contributed by atoms with Crippen LogP contribution in [0.4, 0.5) is 0 Å². The fourth-order valence-corrected chi connectivity index (χ4v) is 1.51. The Morgan fingerprint density at radius 1 is 1.75 bits per heavy atom. The Kier molecular flexibility index (Phi) is 3.09. The minimum Gasteiger partial charge on any atom is -0.466 e. The van der Waals surface area contributed by atoms with E-state index < -0.39 is 0 Å². The molecule has 0 aromatic rings. The van der Waals surface area contributed by atoms with E-state index in [4.69, 9.17) is 10.5 Å². The van der Waals surface area contributed by atoms with Crippen molar-refractivity contribution < 1.29 is 9.53 Å². The van der Waals surface area contributed by atoms with Crippen molar-refractivity contribution in [1.29, 1.82) is 0 Å². The third-order valence-corrected chi connectivity index (χ3v) is 2.43. The second-order valence-corrected chi connectivity index (χ2v) is 3.55. The molecule has 2 N–H and O–H groups in total. The average Bonchev–Trinajstić information content (AvgIpc) is 2.67. The number of hydrogen-bond acceptors (Lipinski definition) is 3. The normalized spacial score (nSPS) is 29.6. The molecule has 70 valence electrons. The molecule has 1 aliphatic carbocycles. The molecule has 0 heterocycles. The van der Waals surface area contributed by atoms with Crippen LogP contribution in [0.3, 0.4) is 0 Å². The summed E-state index contributed by atoms with van der Waals surface area (Å²) in [6, 6.07) is 0.0130. The zero-order valence-electron chi connectivity index (χ0n) is 7.75. The summed E-state index contributed by atoms with van der Waals surface area (Å²) in [4.78, 5) is 11.0. The predicted octanol–water partition coefficient (Wildman–Crippen LogP) is 0.923. The van der Waals surface area contributed by atoms with Crippen LogP contribution in [0.25, 0.3) is 0 Å². The van der Waals surface area contributed by atoms with Gasteiger partial charge < -0.3 is 10.5 Å². The Bertz CT molecular complexity index is 170. The van der Waals surface area contributed by atoms with Gasteiger partial charge in [-0.25, -0.2) is 0 Å². The first kappa shape index (κ1) is 9.52. The molecule has 12 heavy (non-hydrogen) atoms. The SMILES string of the molecule is CCOC(=O)C[C@H](N)C1CC1C. The average molecular weight is 171 g/mol. The second kappa shape index (κ2) is 3.90. The smallest absolute Gasteiger partial charge is 0.307 e. The van der Waals surface area contributed by atoms with Crippen LogP contribution in [0.5, 0.6) is 0 Å². The third-order valence-electron chi connectivity index (χ3n) is 2.43. The van der Waals surface area contributed by atoms with Gasteiger partial charge in [-0.1, -0.05) is 6.92 Å². The second-order valence-electron chi connectivity index (χ2n) is 3.55. The quantitative estimate of drug-likeness (QED) is 0.640. The van der Waals surface area contributed by atoms with Gasteiger partial charge in [0.15, 0.2) is 0 Å². The lowest BCUT2D eigenvalue weighted by Crippen LogP contribution is -2.27. The van der Waals surface area contributed by atoms with Gasteiger partial charge in [0.05, 0.1) is 13.0 Å². The molecule has 0 spiro atoms. The van der Waals surface area contributed by atoms with Crippen LogP contribution in [-0.2, 0) is 9.53 Å². The molecular formula is C9H17NO2. The van der Waals surface area contributed by atoms with Gasteiger partial charge in [0.1, 0.15) is 0 Å². The molecular weight excluding hydrogens is 154 g/mol. The van der Waals surface area contributed by atoms with E-state index in [0.717, 1.165) is 0 Å². The summed E-state index contributed by atoms with van der Waals surface area (Å²) in [5.41, 5.74) is 5.80. The topological polar surface area (TPSA) is 52.3 Å². The molecule has 0 aliphatic heterocycles. The van der Waals surface area contributed by atoms with Crippen LogP contribution < -0.4 is 5.73 Å². The van der Waals surface area contributed by atoms with Crippen LogP contribution in [0.15, 0.2) is 0 Å². The Morgan fingerprint density at radius 3 is 2.75 bits per heavy atom. The van der Waals surface area contributed by atoms with Gasteiger partial charge in [-0.05, 0) is 25.2 Å². The molecule has 3 atom stereocenters. The number of nitrogens with two attached hydrogens (primary N) is 1. The van der Waals surface area contributed by atoms with Crippen molar-refractivity contribution in [1.82, 2.24) is 0 Å². The van der Waals surface area contributed by atoms with Gasteiger partial charge in [-0.15, -0.1) is 0 Å². The van der Waals surface area contributed by atoms with Crippen molar-refractivity contribution in [2.75, 3.05) is 6.61 Å². The molecule has 3 nitrogen and oxygen atoms in total. The third kappa shape index (κ3) is 2.48. The lowest BCUT2D eigenvalue weighted by Gasteiger charge is -2.09. The predicted molar refractivity (Wildman–Crippen MR) is 46.5 cm³/mol. The maximum Gasteiger partial charge on any atom is 0.307 e. The molecule has 3 heteroatoms. The molecule has 0 aromatic heterocycles. The van der Waals surface area contributed by atoms with E-state index in [1.54, 1.807) is 0 Å². The summed E-state index contributed by atoms with van der Waals surface area (Å²) >= 11 is 0. The standard InChI is InChI=1S/C9H17NO2/c1-3-12-9(11)5-8(10)7-4-6(7)2/h6-8H,3-5,10H2,1-2H3/t6?,7?,8-/m0/s1. The zero-order chi connectivity index (χ0) is 9.14. The number of carbonyl (C=O) groups is 1. The monoisotopic (exact) mass is 171 g/mol. The maximum absolute atomic E-state index is 11.0. The lowest BCUT2D eigenvalue weighted by molar-refractivity contribution is -0.143. The molecule has 1 rings (SSSR count). The summed E-state index contributed by atoms with van der Waals surface area (Å²) in [7, 11) is 0. The first-order valence-corrected chi connectivity index (χ1v) is 4.56. The van der Waals surface area contributed by atoms with Crippen molar-refractivity contribution in [2.45, 2.75) is 32.7 Å². The minimum atomic E-state index is -0.163. The highest BCUT2D eigenvalue weighted by Gasteiger charge is 2.38. The Labute approximate surface area is 73.3 Å². The van der Waals surface area contributed by atoms with Gasteiger partial charge >= 0.3 is 5.97 Å². The van der Waals surface area contributed by atoms with E-state index in [1.165, 1.54) is 6.42 Å². The Hall–Kier alpha value is -0.570. The number of hydrogen-bond donors (Lipinski definition) is 1. The van der Waals surface area contributed by atoms with E-state index in [9.17, 15) is 4.79 Å². The van der Waals surface area contributed by atoms with Gasteiger partial charge in [-0.2, -0.15) is 0 Å². The summed E-state index contributed by atoms with van der Waals surface area (Å²) in [6.45, 7) is 4.42. The minimum absolute atomic E-state index is 0.0130. The van der Waals surface area contributed by atoms with Crippen molar-refractivity contribution >= 4 is 5.97 Å². The summed E-state index contributed by atoms with van der Waals surface area (Å²) in [6.07, 6.45) is 1.55. The fraction of sp³-hybridized carbons (Fsp3) is 0.889. The van der Waals surface area contributed by atoms with E-state index >= 15 is 0 Å². The van der Waals surface area contributed by atoms with Crippen molar-refractivity contribution in [3.05, 3.63) is 0 Å². The fourth-order valence-electron chi connectivity index (χ4n) is 1.51. The zero-order valence-corrected chi connectivity index (χ0v) is 7.75. The lowest BCUT2D eigenvalue weighted by atomic mass is 10.1. The largest absolute Gasteiger partial charge is 0.466 e. The van der Waals surface area contributed by atoms with E-state index in [-0.39, 0.29) is 12.0 Å². The number of rotatable bonds is 4. The van der Waals surface area contributed by atoms with Crippen LogP contribution >= 0.6 is 0 Å². The highest BCUT2D eigenvalue weighted by Crippen LogP contribution is 2.40. The molecule has 0 saturated heterocycles. The van der Waals surface area contributed by atoms with Crippen molar-refractivity contribution in [2.24, 2.45) is 17.6 Å². The van der Waals surface area contributed by atoms with Crippen molar-refractivity contribution in [3.63, 3.8) is 0 Å². The molecule has 1 aliphatic rings. The highest BCUT2D eigenvalue weighted by atomic mass is 16.5. The van der Waals surface area contributed by atoms with Gasteiger partial charge in [0.25, 0.3) is 0 Å². The van der Waals surface area contributed by atoms with Crippen LogP contribution in [-0.4, -0.2) is 18.6 Å². The number of carbonyl (C=O) groups excluding carboxylic acids is 1. The molecule has 0 radical (unpaired) electrons. The van der Waals surface area contributed by atoms with Gasteiger partial charge in [-0.3, -0.25) is 4.79 Å². The van der Waals surface area contributed by atoms with Crippen LogP contribution in [0.1, 0.15) is 26.7 Å². The molecule has 1 saturated carbocycles. The van der Waals surface area contributed by atoms with Crippen LogP contribution in [0.2, 0.25) is 0 Å². The Balaban J connectivity index is 2.17. The summed E-state index contributed by atoms with van der Waals surface area (Å²) < 4.78 is 4.81. The van der Waals surface area contributed by atoms with Crippen molar-refractivity contribution in [3.8, 4) is 0 Å². The molecule has 0 bridgehead atoms. The van der Waals surface area contributed by atoms with E-state index in [0.29, 0.717) is 24.9 Å². The highest BCUT2D eigenvalue weighted by molar-refractivity contribution is 5.70.